The maximum absolute atomic E-state index is 6.06. The average Bonchev–Trinajstić information content (AvgIpc) is 2.15. The predicted octanol–water partition coefficient (Wildman–Crippen LogP) is 3.54. The molecule has 84 valence electrons. The van der Waals surface area contributed by atoms with Gasteiger partial charge < -0.3 is 0 Å². The Morgan fingerprint density at radius 2 is 2.00 bits per heavy atom. The maximum atomic E-state index is 6.06. The van der Waals surface area contributed by atoms with Crippen molar-refractivity contribution < 1.29 is 0 Å². The number of hydrogen-bond donors (Lipinski definition) is 1. The zero-order chi connectivity index (χ0) is 10.6. The molecule has 3 atom stereocenters. The van der Waals surface area contributed by atoms with Crippen LogP contribution in [0.2, 0.25) is 4.44 Å². The third-order valence-corrected chi connectivity index (χ3v) is 11.7. The second kappa shape index (κ2) is 7.12. The van der Waals surface area contributed by atoms with Crippen molar-refractivity contribution in [2.45, 2.75) is 49.5 Å². The number of rotatable bonds is 4. The SMILES string of the molecule is CC(N)C1CCCCC1C[CH2][SnH]([Br])[Br]. The monoisotopic (exact) mass is 433 g/mol. The van der Waals surface area contributed by atoms with E-state index in [4.69, 9.17) is 5.73 Å². The Morgan fingerprint density at radius 1 is 1.36 bits per heavy atom. The van der Waals surface area contributed by atoms with Crippen molar-refractivity contribution in [1.82, 2.24) is 0 Å². The van der Waals surface area contributed by atoms with Crippen LogP contribution in [0.3, 0.4) is 0 Å². The van der Waals surface area contributed by atoms with Crippen molar-refractivity contribution in [2.24, 2.45) is 17.6 Å². The van der Waals surface area contributed by atoms with Gasteiger partial charge in [0.05, 0.1) is 0 Å². The molecule has 1 nitrogen and oxygen atoms in total. The van der Waals surface area contributed by atoms with Crippen LogP contribution in [0.4, 0.5) is 0 Å². The molecule has 1 aliphatic carbocycles. The van der Waals surface area contributed by atoms with Gasteiger partial charge in [-0.15, -0.1) is 0 Å². The Bertz CT molecular complexity index is 164. The van der Waals surface area contributed by atoms with Crippen LogP contribution in [-0.4, -0.2) is 21.4 Å². The Labute approximate surface area is 107 Å². The fourth-order valence-corrected chi connectivity index (χ4v) is 8.11. The van der Waals surface area contributed by atoms with Crippen LogP contribution in [0.15, 0.2) is 0 Å². The number of hydrogen-bond acceptors (Lipinski definition) is 1. The number of nitrogens with two attached hydrogens (primary N) is 1. The summed E-state index contributed by atoms with van der Waals surface area (Å²) in [5, 5.41) is 0. The first-order chi connectivity index (χ1) is 6.61. The van der Waals surface area contributed by atoms with E-state index in [1.54, 1.807) is 0 Å². The first-order valence-corrected chi connectivity index (χ1v) is 22.8. The standard InChI is InChI=1S/C10H20N.2BrH.Sn.H/c1-3-9-6-4-5-7-10(9)8(2)11;;;;/h8-10H,1,3-7,11H2,2H3;2*1H;;/q;;;+2;/p-2. The van der Waals surface area contributed by atoms with E-state index < -0.39 is 15.3 Å². The zero-order valence-electron chi connectivity index (χ0n) is 8.89. The van der Waals surface area contributed by atoms with Crippen LogP contribution in [-0.2, 0) is 0 Å². The van der Waals surface area contributed by atoms with Crippen LogP contribution in [0, 0.1) is 11.8 Å². The van der Waals surface area contributed by atoms with Gasteiger partial charge in [0.1, 0.15) is 0 Å². The van der Waals surface area contributed by atoms with Crippen molar-refractivity contribution >= 4 is 40.7 Å². The molecular formula is C10H21Br2NSn. The Balaban J connectivity index is 2.38. The van der Waals surface area contributed by atoms with Crippen molar-refractivity contribution in [3.05, 3.63) is 0 Å². The minimum atomic E-state index is -1.33. The van der Waals surface area contributed by atoms with Crippen molar-refractivity contribution in [2.75, 3.05) is 0 Å². The molecule has 2 N–H and O–H groups in total. The van der Waals surface area contributed by atoms with Crippen LogP contribution < -0.4 is 5.73 Å². The van der Waals surface area contributed by atoms with E-state index in [2.05, 4.69) is 32.3 Å². The molecule has 0 aliphatic heterocycles. The average molecular weight is 434 g/mol. The van der Waals surface area contributed by atoms with E-state index in [0.717, 1.165) is 11.8 Å². The molecule has 4 heteroatoms. The van der Waals surface area contributed by atoms with Crippen LogP contribution in [0.1, 0.15) is 39.0 Å². The number of halogens is 2. The summed E-state index contributed by atoms with van der Waals surface area (Å²) >= 11 is 6.18. The third-order valence-electron chi connectivity index (χ3n) is 3.40. The summed E-state index contributed by atoms with van der Waals surface area (Å²) in [6, 6.07) is 0.402. The molecule has 1 fully saturated rings. The Morgan fingerprint density at radius 3 is 2.57 bits per heavy atom. The topological polar surface area (TPSA) is 26.0 Å². The predicted molar refractivity (Wildman–Crippen MR) is 73.5 cm³/mol. The molecule has 0 aromatic rings. The second-order valence-corrected chi connectivity index (χ2v) is 31.5. The summed E-state index contributed by atoms with van der Waals surface area (Å²) in [5.41, 5.74) is 6.06. The van der Waals surface area contributed by atoms with Crippen LogP contribution in [0.25, 0.3) is 0 Å². The fraction of sp³-hybridized carbons (Fsp3) is 1.00. The molecule has 0 aromatic heterocycles. The molecule has 0 saturated heterocycles. The van der Waals surface area contributed by atoms with E-state index in [0.29, 0.717) is 6.04 Å². The normalized spacial score (nSPS) is 30.6. The zero-order valence-corrected chi connectivity index (χ0v) is 15.4. The van der Waals surface area contributed by atoms with Gasteiger partial charge in [-0.2, -0.15) is 0 Å². The van der Waals surface area contributed by atoms with Gasteiger partial charge in [-0.05, 0) is 0 Å². The van der Waals surface area contributed by atoms with Crippen LogP contribution in [0.5, 0.6) is 0 Å². The van der Waals surface area contributed by atoms with Gasteiger partial charge in [0, 0.05) is 0 Å². The molecule has 1 aliphatic rings. The summed E-state index contributed by atoms with van der Waals surface area (Å²) in [7, 11) is 0. The first-order valence-electron chi connectivity index (χ1n) is 5.65. The molecule has 0 aromatic carbocycles. The molecule has 0 radical (unpaired) electrons. The van der Waals surface area contributed by atoms with E-state index in [9.17, 15) is 0 Å². The summed E-state index contributed by atoms with van der Waals surface area (Å²) in [5.74, 6) is 1.71. The van der Waals surface area contributed by atoms with Crippen molar-refractivity contribution in [3.8, 4) is 0 Å². The van der Waals surface area contributed by atoms with Crippen molar-refractivity contribution in [3.63, 3.8) is 0 Å². The minimum absolute atomic E-state index is 0.402. The van der Waals surface area contributed by atoms with Gasteiger partial charge in [-0.3, -0.25) is 0 Å². The molecule has 1 saturated carbocycles. The van der Waals surface area contributed by atoms with Crippen LogP contribution >= 0.6 is 25.4 Å². The summed E-state index contributed by atoms with van der Waals surface area (Å²) < 4.78 is 1.43. The summed E-state index contributed by atoms with van der Waals surface area (Å²) in [4.78, 5) is 0. The molecular weight excluding hydrogens is 413 g/mol. The van der Waals surface area contributed by atoms with Gasteiger partial charge >= 0.3 is 108 Å². The third kappa shape index (κ3) is 4.70. The molecule has 14 heavy (non-hydrogen) atoms. The summed E-state index contributed by atoms with van der Waals surface area (Å²) in [6.07, 6.45) is 7.03. The second-order valence-electron chi connectivity index (χ2n) is 4.54. The Kier molecular flexibility index (Phi) is 7.01. The fourth-order valence-electron chi connectivity index (χ4n) is 2.63. The van der Waals surface area contributed by atoms with E-state index >= 15 is 0 Å². The molecule has 0 amide bonds. The molecule has 0 heterocycles. The first kappa shape index (κ1) is 13.8. The summed E-state index contributed by atoms with van der Waals surface area (Å²) in [6.45, 7) is 2.19. The van der Waals surface area contributed by atoms with Gasteiger partial charge in [-0.25, -0.2) is 0 Å². The molecule has 1 rings (SSSR count). The Hall–Kier alpha value is 1.72. The van der Waals surface area contributed by atoms with Gasteiger partial charge in [0.25, 0.3) is 0 Å². The van der Waals surface area contributed by atoms with E-state index in [-0.39, 0.29) is 0 Å². The molecule has 0 spiro atoms. The van der Waals surface area contributed by atoms with Gasteiger partial charge in [0.15, 0.2) is 0 Å². The van der Waals surface area contributed by atoms with Gasteiger partial charge in [0.2, 0.25) is 0 Å². The molecule has 0 bridgehead atoms. The van der Waals surface area contributed by atoms with E-state index in [1.165, 1.54) is 36.5 Å². The quantitative estimate of drug-likeness (QED) is 0.674. The molecule has 3 unspecified atom stereocenters. The van der Waals surface area contributed by atoms with E-state index in [1.807, 2.05) is 0 Å². The van der Waals surface area contributed by atoms with Crippen molar-refractivity contribution in [1.29, 1.82) is 0 Å². The van der Waals surface area contributed by atoms with Gasteiger partial charge in [-0.1, -0.05) is 0 Å².